The first-order chi connectivity index (χ1) is 13.7. The third-order valence-electron chi connectivity index (χ3n) is 4.95. The first kappa shape index (κ1) is 23.9. The average Bonchev–Trinajstić information content (AvgIpc) is 2.70. The van der Waals surface area contributed by atoms with E-state index >= 15 is 0 Å². The molecule has 2 aliphatic heterocycles. The molecule has 2 rings (SSSR count). The Kier molecular flexibility index (Phi) is 8.32. The summed E-state index contributed by atoms with van der Waals surface area (Å²) in [6.45, 7) is -0.434. The van der Waals surface area contributed by atoms with Gasteiger partial charge in [-0.25, -0.2) is 0 Å². The maximum absolute atomic E-state index is 11.8. The zero-order chi connectivity index (χ0) is 21.9. The van der Waals surface area contributed by atoms with Gasteiger partial charge < -0.3 is 54.9 Å². The van der Waals surface area contributed by atoms with Crippen molar-refractivity contribution in [1.29, 1.82) is 0 Å². The molecule has 0 spiro atoms. The first-order valence-electron chi connectivity index (χ1n) is 8.97. The van der Waals surface area contributed by atoms with Crippen LogP contribution in [0.25, 0.3) is 0 Å². The van der Waals surface area contributed by atoms with E-state index in [1.807, 2.05) is 0 Å². The molecule has 0 aliphatic carbocycles. The quantitative estimate of drug-likeness (QED) is 0.204. The molecular weight excluding hydrogens is 394 g/mol. The van der Waals surface area contributed by atoms with Gasteiger partial charge >= 0.3 is 0 Å². The van der Waals surface area contributed by atoms with Crippen LogP contribution in [-0.4, -0.2) is 128 Å². The number of hydrogen-bond acceptors (Lipinski definition) is 11. The summed E-state index contributed by atoms with van der Waals surface area (Å²) in [5, 5.41) is 69.6. The van der Waals surface area contributed by atoms with Crippen LogP contribution in [0.5, 0.6) is 0 Å². The normalized spacial score (nSPS) is 42.9. The number of amides is 1. The van der Waals surface area contributed by atoms with E-state index in [1.165, 1.54) is 6.92 Å². The van der Waals surface area contributed by atoms with Gasteiger partial charge in [0.25, 0.3) is 0 Å². The Morgan fingerprint density at radius 1 is 0.966 bits per heavy atom. The Morgan fingerprint density at radius 3 is 2.10 bits per heavy atom. The molecule has 7 N–H and O–H groups in total. The van der Waals surface area contributed by atoms with Gasteiger partial charge in [-0.2, -0.15) is 0 Å². The van der Waals surface area contributed by atoms with Crippen molar-refractivity contribution in [2.24, 2.45) is 0 Å². The van der Waals surface area contributed by atoms with Crippen LogP contribution in [0.2, 0.25) is 0 Å². The molecule has 29 heavy (non-hydrogen) atoms. The lowest BCUT2D eigenvalue weighted by Crippen LogP contribution is -2.67. The molecule has 12 heteroatoms. The number of carbonyl (C=O) groups is 1. The SMILES string of the molecule is C#CCN(C(C)=O)[C@@H]1O[C@@H](CO)[C@@H](O[C@@H]2OC(CO)[C@@H](O)[C@H](O)C2O)C(O)C1O. The monoisotopic (exact) mass is 421 g/mol. The number of terminal acetylenes is 1. The van der Waals surface area contributed by atoms with Crippen LogP contribution in [0.3, 0.4) is 0 Å². The van der Waals surface area contributed by atoms with Crippen molar-refractivity contribution in [3.8, 4) is 12.3 Å². The van der Waals surface area contributed by atoms with Gasteiger partial charge in [-0.3, -0.25) is 4.79 Å². The smallest absolute Gasteiger partial charge is 0.222 e. The Balaban J connectivity index is 2.19. The highest BCUT2D eigenvalue weighted by atomic mass is 16.7. The first-order valence-corrected chi connectivity index (χ1v) is 8.97. The molecule has 0 saturated carbocycles. The summed E-state index contributed by atoms with van der Waals surface area (Å²) in [7, 11) is 0. The van der Waals surface area contributed by atoms with Crippen LogP contribution in [0.1, 0.15) is 6.92 Å². The van der Waals surface area contributed by atoms with Crippen molar-refractivity contribution in [3.63, 3.8) is 0 Å². The van der Waals surface area contributed by atoms with E-state index in [0.29, 0.717) is 0 Å². The van der Waals surface area contributed by atoms with Gasteiger partial charge in [0.1, 0.15) is 48.8 Å². The van der Waals surface area contributed by atoms with Crippen molar-refractivity contribution in [2.75, 3.05) is 19.8 Å². The van der Waals surface area contributed by atoms with Gasteiger partial charge in [-0.1, -0.05) is 5.92 Å². The Bertz CT molecular complexity index is 594. The average molecular weight is 421 g/mol. The molecule has 0 aromatic rings. The van der Waals surface area contributed by atoms with Crippen LogP contribution in [0.15, 0.2) is 0 Å². The van der Waals surface area contributed by atoms with Crippen molar-refractivity contribution in [1.82, 2.24) is 4.90 Å². The van der Waals surface area contributed by atoms with E-state index in [-0.39, 0.29) is 6.54 Å². The number of carbonyl (C=O) groups excluding carboxylic acids is 1. The van der Waals surface area contributed by atoms with Crippen LogP contribution in [0.4, 0.5) is 0 Å². The molecule has 0 aromatic heterocycles. The Hall–Kier alpha value is -1.37. The molecule has 12 nitrogen and oxygen atoms in total. The highest BCUT2D eigenvalue weighted by Crippen LogP contribution is 2.30. The summed E-state index contributed by atoms with van der Waals surface area (Å²) in [6.07, 6.45) is -10.3. The highest BCUT2D eigenvalue weighted by molar-refractivity contribution is 5.73. The van der Waals surface area contributed by atoms with E-state index in [0.717, 1.165) is 4.90 Å². The molecule has 0 bridgehead atoms. The third kappa shape index (κ3) is 4.86. The van der Waals surface area contributed by atoms with Gasteiger partial charge in [-0.05, 0) is 0 Å². The zero-order valence-corrected chi connectivity index (χ0v) is 15.7. The van der Waals surface area contributed by atoms with Gasteiger partial charge in [0.2, 0.25) is 5.91 Å². The van der Waals surface area contributed by atoms with Gasteiger partial charge in [0, 0.05) is 6.92 Å². The number of rotatable bonds is 6. The molecule has 2 fully saturated rings. The molecule has 0 radical (unpaired) electrons. The third-order valence-corrected chi connectivity index (χ3v) is 4.95. The lowest BCUT2D eigenvalue weighted by Gasteiger charge is -2.47. The lowest BCUT2D eigenvalue weighted by molar-refractivity contribution is -0.347. The van der Waals surface area contributed by atoms with Crippen LogP contribution in [0, 0.1) is 12.3 Å². The highest BCUT2D eigenvalue weighted by Gasteiger charge is 2.51. The molecule has 10 atom stereocenters. The van der Waals surface area contributed by atoms with Crippen molar-refractivity contribution in [3.05, 3.63) is 0 Å². The van der Waals surface area contributed by atoms with Crippen LogP contribution < -0.4 is 0 Å². The summed E-state index contributed by atoms with van der Waals surface area (Å²) < 4.78 is 16.2. The minimum atomic E-state index is -1.76. The largest absolute Gasteiger partial charge is 0.394 e. The van der Waals surface area contributed by atoms with Gasteiger partial charge in [-0.15, -0.1) is 6.42 Å². The van der Waals surface area contributed by atoms with Crippen molar-refractivity contribution in [2.45, 2.75) is 68.3 Å². The maximum atomic E-state index is 11.8. The fourth-order valence-corrected chi connectivity index (χ4v) is 3.31. The summed E-state index contributed by atoms with van der Waals surface area (Å²) >= 11 is 0. The molecule has 4 unspecified atom stereocenters. The van der Waals surface area contributed by atoms with E-state index in [2.05, 4.69) is 5.92 Å². The number of ether oxygens (including phenoxy) is 3. The fraction of sp³-hybridized carbons (Fsp3) is 0.824. The summed E-state index contributed by atoms with van der Waals surface area (Å²) in [6, 6.07) is 0. The van der Waals surface area contributed by atoms with E-state index in [1.54, 1.807) is 0 Å². The zero-order valence-electron chi connectivity index (χ0n) is 15.7. The second-order valence-electron chi connectivity index (χ2n) is 6.88. The summed E-state index contributed by atoms with van der Waals surface area (Å²) in [5.41, 5.74) is 0. The number of nitrogens with zero attached hydrogens (tertiary/aromatic N) is 1. The lowest BCUT2D eigenvalue weighted by atomic mass is 9.96. The number of aliphatic hydroxyl groups is 7. The number of aliphatic hydroxyl groups excluding tert-OH is 7. The molecule has 2 saturated heterocycles. The minimum Gasteiger partial charge on any atom is -0.394 e. The fourth-order valence-electron chi connectivity index (χ4n) is 3.31. The standard InChI is InChI=1S/C17H27NO11/c1-3-4-18(7(2)21)16-13(25)12(24)15(9(6-20)27-16)29-17-14(26)11(23)10(22)8(5-19)28-17/h1,8-17,19-20,22-26H,4-6H2,2H3/t8?,9-,10+,11-,12?,13?,14?,15+,16+,17-/m0/s1. The molecular formula is C17H27NO11. The van der Waals surface area contributed by atoms with E-state index in [4.69, 9.17) is 20.6 Å². The second-order valence-corrected chi connectivity index (χ2v) is 6.88. The maximum Gasteiger partial charge on any atom is 0.222 e. The summed E-state index contributed by atoms with van der Waals surface area (Å²) in [5.74, 6) is 1.69. The molecule has 0 aromatic carbocycles. The molecule has 1 amide bonds. The number of hydrogen-bond donors (Lipinski definition) is 7. The molecule has 2 heterocycles. The predicted octanol–water partition coefficient (Wildman–Crippen LogP) is -4.91. The molecule has 2 aliphatic rings. The van der Waals surface area contributed by atoms with Gasteiger partial charge in [0.05, 0.1) is 19.8 Å². The van der Waals surface area contributed by atoms with Crippen LogP contribution in [-0.2, 0) is 19.0 Å². The second kappa shape index (κ2) is 10.1. The summed E-state index contributed by atoms with van der Waals surface area (Å²) in [4.78, 5) is 12.8. The predicted molar refractivity (Wildman–Crippen MR) is 92.6 cm³/mol. The van der Waals surface area contributed by atoms with Crippen LogP contribution >= 0.6 is 0 Å². The van der Waals surface area contributed by atoms with Crippen molar-refractivity contribution >= 4 is 5.91 Å². The Morgan fingerprint density at radius 2 is 1.59 bits per heavy atom. The molecule has 166 valence electrons. The minimum absolute atomic E-state index is 0.222. The Labute approximate surface area is 166 Å². The van der Waals surface area contributed by atoms with E-state index in [9.17, 15) is 40.5 Å². The van der Waals surface area contributed by atoms with Gasteiger partial charge in [0.15, 0.2) is 12.5 Å². The van der Waals surface area contributed by atoms with E-state index < -0.39 is 80.5 Å². The topological polar surface area (TPSA) is 190 Å². The van der Waals surface area contributed by atoms with Crippen molar-refractivity contribution < 1.29 is 54.8 Å².